The standard InChI is InChI=1S/C18H20N2O4/c1-10(16-11(2)19-24-12(16)3)17(21)20-9-14-7-5-4-6-13(14)8-15(20)18(22)23/h4-7,10,15H,8-9H2,1-3H3,(H,22,23)/t10-,15+/m1/s1. The lowest BCUT2D eigenvalue weighted by atomic mass is 9.91. The van der Waals surface area contributed by atoms with Crippen molar-refractivity contribution in [3.63, 3.8) is 0 Å². The van der Waals surface area contributed by atoms with E-state index < -0.39 is 17.9 Å². The van der Waals surface area contributed by atoms with Gasteiger partial charge in [-0.3, -0.25) is 4.79 Å². The average molecular weight is 328 g/mol. The quantitative estimate of drug-likeness (QED) is 0.935. The number of nitrogens with zero attached hydrogens (tertiary/aromatic N) is 2. The molecule has 6 nitrogen and oxygen atoms in total. The highest BCUT2D eigenvalue weighted by atomic mass is 16.5. The Bertz CT molecular complexity index is 777. The van der Waals surface area contributed by atoms with Gasteiger partial charge < -0.3 is 14.5 Å². The van der Waals surface area contributed by atoms with Gasteiger partial charge in [-0.25, -0.2) is 4.79 Å². The van der Waals surface area contributed by atoms with E-state index in [0.29, 0.717) is 24.4 Å². The van der Waals surface area contributed by atoms with Gasteiger partial charge in [-0.05, 0) is 31.9 Å². The molecule has 0 spiro atoms. The number of carbonyl (C=O) groups excluding carboxylic acids is 1. The number of hydrogen-bond donors (Lipinski definition) is 1. The Balaban J connectivity index is 1.94. The van der Waals surface area contributed by atoms with Crippen LogP contribution in [0.2, 0.25) is 0 Å². The van der Waals surface area contributed by atoms with Crippen molar-refractivity contribution in [2.75, 3.05) is 0 Å². The number of carboxylic acids is 1. The molecule has 1 N–H and O–H groups in total. The summed E-state index contributed by atoms with van der Waals surface area (Å²) < 4.78 is 5.15. The van der Waals surface area contributed by atoms with Crippen molar-refractivity contribution >= 4 is 11.9 Å². The van der Waals surface area contributed by atoms with Crippen LogP contribution in [-0.4, -0.2) is 33.1 Å². The third kappa shape index (κ3) is 2.68. The van der Waals surface area contributed by atoms with Crippen molar-refractivity contribution in [3.8, 4) is 0 Å². The van der Waals surface area contributed by atoms with Gasteiger partial charge in [-0.2, -0.15) is 0 Å². The van der Waals surface area contributed by atoms with Crippen LogP contribution < -0.4 is 0 Å². The summed E-state index contributed by atoms with van der Waals surface area (Å²) in [4.78, 5) is 26.2. The molecule has 2 atom stereocenters. The van der Waals surface area contributed by atoms with Crippen LogP contribution >= 0.6 is 0 Å². The van der Waals surface area contributed by atoms with E-state index in [1.165, 1.54) is 4.90 Å². The molecule has 1 aliphatic rings. The molecule has 1 aliphatic heterocycles. The molecule has 0 bridgehead atoms. The lowest BCUT2D eigenvalue weighted by Crippen LogP contribution is -2.50. The summed E-state index contributed by atoms with van der Waals surface area (Å²) >= 11 is 0. The van der Waals surface area contributed by atoms with Crippen LogP contribution in [0.3, 0.4) is 0 Å². The molecule has 2 aromatic rings. The summed E-state index contributed by atoms with van der Waals surface area (Å²) in [6.07, 6.45) is 0.325. The maximum absolute atomic E-state index is 13.0. The molecule has 0 unspecified atom stereocenters. The monoisotopic (exact) mass is 328 g/mol. The van der Waals surface area contributed by atoms with E-state index in [1.54, 1.807) is 20.8 Å². The van der Waals surface area contributed by atoms with Gasteiger partial charge in [0.25, 0.3) is 0 Å². The number of carbonyl (C=O) groups is 2. The third-order valence-electron chi connectivity index (χ3n) is 4.71. The fourth-order valence-electron chi connectivity index (χ4n) is 3.46. The maximum atomic E-state index is 13.0. The van der Waals surface area contributed by atoms with Gasteiger partial charge in [-0.1, -0.05) is 29.4 Å². The van der Waals surface area contributed by atoms with E-state index in [-0.39, 0.29) is 5.91 Å². The number of benzene rings is 1. The van der Waals surface area contributed by atoms with Crippen LogP contribution in [0.15, 0.2) is 28.8 Å². The minimum absolute atomic E-state index is 0.216. The number of amides is 1. The largest absolute Gasteiger partial charge is 0.480 e. The second-order valence-corrected chi connectivity index (χ2v) is 6.25. The molecule has 0 saturated heterocycles. The van der Waals surface area contributed by atoms with E-state index >= 15 is 0 Å². The van der Waals surface area contributed by atoms with Crippen LogP contribution in [0, 0.1) is 13.8 Å². The molecule has 1 amide bonds. The zero-order valence-electron chi connectivity index (χ0n) is 13.9. The number of hydrogen-bond acceptors (Lipinski definition) is 4. The molecule has 126 valence electrons. The smallest absolute Gasteiger partial charge is 0.326 e. The van der Waals surface area contributed by atoms with Gasteiger partial charge in [0, 0.05) is 18.5 Å². The Hall–Kier alpha value is -2.63. The Morgan fingerprint density at radius 2 is 1.96 bits per heavy atom. The van der Waals surface area contributed by atoms with Crippen molar-refractivity contribution in [2.45, 2.75) is 45.7 Å². The number of fused-ring (bicyclic) bond motifs is 1. The van der Waals surface area contributed by atoms with E-state index in [4.69, 9.17) is 4.52 Å². The zero-order chi connectivity index (χ0) is 17.4. The SMILES string of the molecule is Cc1noc(C)c1[C@@H](C)C(=O)N1Cc2ccccc2C[C@H]1C(=O)O. The van der Waals surface area contributed by atoms with E-state index in [0.717, 1.165) is 16.7 Å². The maximum Gasteiger partial charge on any atom is 0.326 e. The Morgan fingerprint density at radius 1 is 1.29 bits per heavy atom. The fraction of sp³-hybridized carbons (Fsp3) is 0.389. The van der Waals surface area contributed by atoms with Gasteiger partial charge in [0.2, 0.25) is 5.91 Å². The molecule has 0 fully saturated rings. The predicted octanol–water partition coefficient (Wildman–Crippen LogP) is 2.43. The number of aryl methyl sites for hydroxylation is 2. The second kappa shape index (κ2) is 6.11. The summed E-state index contributed by atoms with van der Waals surface area (Å²) in [5.41, 5.74) is 3.38. The molecule has 0 aliphatic carbocycles. The first-order valence-corrected chi connectivity index (χ1v) is 7.93. The Kier molecular flexibility index (Phi) is 4.13. The van der Waals surface area contributed by atoms with Gasteiger partial charge in [-0.15, -0.1) is 0 Å². The molecule has 24 heavy (non-hydrogen) atoms. The number of aromatic nitrogens is 1. The second-order valence-electron chi connectivity index (χ2n) is 6.25. The number of carboxylic acid groups (broad SMARTS) is 1. The summed E-state index contributed by atoms with van der Waals surface area (Å²) in [7, 11) is 0. The first-order valence-electron chi connectivity index (χ1n) is 7.93. The van der Waals surface area contributed by atoms with E-state index in [1.807, 2.05) is 24.3 Å². The summed E-state index contributed by atoms with van der Waals surface area (Å²) in [5.74, 6) is -1.10. The van der Waals surface area contributed by atoms with Crippen LogP contribution in [0.4, 0.5) is 0 Å². The molecule has 1 aromatic heterocycles. The van der Waals surface area contributed by atoms with Gasteiger partial charge in [0.05, 0.1) is 11.6 Å². The minimum Gasteiger partial charge on any atom is -0.480 e. The molecule has 6 heteroatoms. The fourth-order valence-corrected chi connectivity index (χ4v) is 3.46. The van der Waals surface area contributed by atoms with E-state index in [2.05, 4.69) is 5.16 Å². The average Bonchev–Trinajstić information content (AvgIpc) is 2.90. The zero-order valence-corrected chi connectivity index (χ0v) is 13.9. The van der Waals surface area contributed by atoms with Crippen LogP contribution in [0.25, 0.3) is 0 Å². The van der Waals surface area contributed by atoms with Crippen LogP contribution in [0.5, 0.6) is 0 Å². The summed E-state index contributed by atoms with van der Waals surface area (Å²) in [6.45, 7) is 5.63. The van der Waals surface area contributed by atoms with Crippen molar-refractivity contribution in [1.29, 1.82) is 0 Å². The highest BCUT2D eigenvalue weighted by molar-refractivity contribution is 5.89. The summed E-state index contributed by atoms with van der Waals surface area (Å²) in [6, 6.07) is 6.80. The Labute approximate surface area is 140 Å². The molecular weight excluding hydrogens is 308 g/mol. The van der Waals surface area contributed by atoms with Gasteiger partial charge >= 0.3 is 5.97 Å². The Morgan fingerprint density at radius 3 is 2.54 bits per heavy atom. The molecule has 2 heterocycles. The summed E-state index contributed by atoms with van der Waals surface area (Å²) in [5, 5.41) is 13.5. The number of rotatable bonds is 3. The lowest BCUT2D eigenvalue weighted by Gasteiger charge is -2.36. The normalized spacial score (nSPS) is 18.1. The van der Waals surface area contributed by atoms with Crippen LogP contribution in [-0.2, 0) is 22.6 Å². The highest BCUT2D eigenvalue weighted by Crippen LogP contribution is 2.30. The number of aliphatic carboxylic acids is 1. The van der Waals surface area contributed by atoms with Crippen LogP contribution in [0.1, 0.15) is 41.0 Å². The van der Waals surface area contributed by atoms with Crippen molar-refractivity contribution in [3.05, 3.63) is 52.4 Å². The van der Waals surface area contributed by atoms with E-state index in [9.17, 15) is 14.7 Å². The first-order chi connectivity index (χ1) is 11.4. The molecule has 0 radical (unpaired) electrons. The van der Waals surface area contributed by atoms with Crippen molar-refractivity contribution in [2.24, 2.45) is 0 Å². The topological polar surface area (TPSA) is 83.6 Å². The molecule has 3 rings (SSSR count). The van der Waals surface area contributed by atoms with Gasteiger partial charge in [0.15, 0.2) is 0 Å². The minimum atomic E-state index is -0.983. The predicted molar refractivity (Wildman–Crippen MR) is 86.5 cm³/mol. The van der Waals surface area contributed by atoms with Crippen molar-refractivity contribution < 1.29 is 19.2 Å². The molecule has 0 saturated carbocycles. The third-order valence-corrected chi connectivity index (χ3v) is 4.71. The molecule has 1 aromatic carbocycles. The lowest BCUT2D eigenvalue weighted by molar-refractivity contribution is -0.152. The highest BCUT2D eigenvalue weighted by Gasteiger charge is 2.37. The van der Waals surface area contributed by atoms with Gasteiger partial charge in [0.1, 0.15) is 11.8 Å². The first kappa shape index (κ1) is 16.2. The molecular formula is C18H20N2O4. The van der Waals surface area contributed by atoms with Crippen molar-refractivity contribution in [1.82, 2.24) is 10.1 Å².